The zero-order valence-corrected chi connectivity index (χ0v) is 11.8. The summed E-state index contributed by atoms with van der Waals surface area (Å²) in [5.41, 5.74) is 1.75. The molecule has 0 aliphatic rings. The highest BCUT2D eigenvalue weighted by molar-refractivity contribution is 5.73. The van der Waals surface area contributed by atoms with Gasteiger partial charge >= 0.3 is 11.9 Å². The molecule has 20 heavy (non-hydrogen) atoms. The van der Waals surface area contributed by atoms with Gasteiger partial charge in [-0.05, 0) is 12.1 Å². The lowest BCUT2D eigenvalue weighted by atomic mass is 10.2. The highest BCUT2D eigenvalue weighted by Gasteiger charge is 2.04. The molecule has 0 fully saturated rings. The summed E-state index contributed by atoms with van der Waals surface area (Å²) in [7, 11) is 2.73. The second kappa shape index (κ2) is 8.79. The van der Waals surface area contributed by atoms with E-state index in [1.165, 1.54) is 14.2 Å². The first-order chi connectivity index (χ1) is 9.67. The van der Waals surface area contributed by atoms with Crippen LogP contribution in [0.3, 0.4) is 0 Å². The van der Waals surface area contributed by atoms with E-state index in [0.717, 1.165) is 11.4 Å². The standard InChI is InChI=1S/C14H20N2O4/c1-19-13(17)7-9-15-11-5-3-4-6-12(11)16-10-8-14(18)20-2/h3-6,15-16H,7-10H2,1-2H3. The predicted molar refractivity (Wildman–Crippen MR) is 76.7 cm³/mol. The second-order valence-electron chi connectivity index (χ2n) is 4.05. The van der Waals surface area contributed by atoms with E-state index in [2.05, 4.69) is 20.1 Å². The molecule has 0 saturated carbocycles. The van der Waals surface area contributed by atoms with Gasteiger partial charge in [-0.3, -0.25) is 9.59 Å². The van der Waals surface area contributed by atoms with Crippen molar-refractivity contribution in [1.82, 2.24) is 0 Å². The molecule has 0 atom stereocenters. The fraction of sp³-hybridized carbons (Fsp3) is 0.429. The third-order valence-corrected chi connectivity index (χ3v) is 2.67. The molecule has 0 aliphatic heterocycles. The summed E-state index contributed by atoms with van der Waals surface area (Å²) < 4.78 is 9.15. The fourth-order valence-electron chi connectivity index (χ4n) is 1.59. The topological polar surface area (TPSA) is 76.7 Å². The number of methoxy groups -OCH3 is 2. The van der Waals surface area contributed by atoms with Crippen molar-refractivity contribution in [2.24, 2.45) is 0 Å². The predicted octanol–water partition coefficient (Wildman–Crippen LogP) is 1.64. The van der Waals surface area contributed by atoms with Crippen LogP contribution in [0.5, 0.6) is 0 Å². The average Bonchev–Trinajstić information content (AvgIpc) is 2.48. The molecule has 0 aliphatic carbocycles. The van der Waals surface area contributed by atoms with Gasteiger partial charge < -0.3 is 20.1 Å². The monoisotopic (exact) mass is 280 g/mol. The second-order valence-corrected chi connectivity index (χ2v) is 4.05. The van der Waals surface area contributed by atoms with Crippen LogP contribution in [0.1, 0.15) is 12.8 Å². The Morgan fingerprint density at radius 2 is 1.30 bits per heavy atom. The lowest BCUT2D eigenvalue weighted by molar-refractivity contribution is -0.141. The number of esters is 2. The van der Waals surface area contributed by atoms with Gasteiger partial charge in [0.15, 0.2) is 0 Å². The van der Waals surface area contributed by atoms with Crippen LogP contribution < -0.4 is 10.6 Å². The van der Waals surface area contributed by atoms with Crippen molar-refractivity contribution in [2.75, 3.05) is 37.9 Å². The van der Waals surface area contributed by atoms with Crippen LogP contribution in [0.25, 0.3) is 0 Å². The van der Waals surface area contributed by atoms with Crippen molar-refractivity contribution in [3.05, 3.63) is 24.3 Å². The largest absolute Gasteiger partial charge is 0.469 e. The van der Waals surface area contributed by atoms with E-state index in [1.54, 1.807) is 0 Å². The van der Waals surface area contributed by atoms with Crippen molar-refractivity contribution in [3.8, 4) is 0 Å². The number of para-hydroxylation sites is 2. The van der Waals surface area contributed by atoms with Crippen LogP contribution in [-0.2, 0) is 19.1 Å². The van der Waals surface area contributed by atoms with Crippen molar-refractivity contribution in [1.29, 1.82) is 0 Å². The molecular weight excluding hydrogens is 260 g/mol. The van der Waals surface area contributed by atoms with Gasteiger partial charge in [-0.2, -0.15) is 0 Å². The molecule has 0 unspecified atom stereocenters. The van der Waals surface area contributed by atoms with Crippen molar-refractivity contribution < 1.29 is 19.1 Å². The zero-order chi connectivity index (χ0) is 14.8. The van der Waals surface area contributed by atoms with Crippen molar-refractivity contribution in [3.63, 3.8) is 0 Å². The Labute approximate surface area is 118 Å². The molecule has 6 nitrogen and oxygen atoms in total. The number of nitrogens with one attached hydrogen (secondary N) is 2. The maximum atomic E-state index is 11.0. The third-order valence-electron chi connectivity index (χ3n) is 2.67. The first-order valence-corrected chi connectivity index (χ1v) is 6.37. The minimum Gasteiger partial charge on any atom is -0.469 e. The molecule has 0 radical (unpaired) electrons. The van der Waals surface area contributed by atoms with Crippen LogP contribution in [0.2, 0.25) is 0 Å². The molecule has 0 amide bonds. The molecule has 0 heterocycles. The highest BCUT2D eigenvalue weighted by atomic mass is 16.5. The molecule has 0 spiro atoms. The Morgan fingerprint density at radius 3 is 1.65 bits per heavy atom. The van der Waals surface area contributed by atoms with Gasteiger partial charge in [0.25, 0.3) is 0 Å². The smallest absolute Gasteiger partial charge is 0.307 e. The van der Waals surface area contributed by atoms with Gasteiger partial charge in [0.2, 0.25) is 0 Å². The summed E-state index contributed by atoms with van der Waals surface area (Å²) in [5, 5.41) is 6.30. The summed E-state index contributed by atoms with van der Waals surface area (Å²) in [4.78, 5) is 22.1. The zero-order valence-electron chi connectivity index (χ0n) is 11.8. The number of ether oxygens (including phenoxy) is 2. The van der Waals surface area contributed by atoms with E-state index in [1.807, 2.05) is 24.3 Å². The van der Waals surface area contributed by atoms with Gasteiger partial charge in [-0.25, -0.2) is 0 Å². The van der Waals surface area contributed by atoms with Crippen LogP contribution >= 0.6 is 0 Å². The Kier molecular flexibility index (Phi) is 6.95. The quantitative estimate of drug-likeness (QED) is 0.705. The Hall–Kier alpha value is -2.24. The minimum atomic E-state index is -0.256. The molecule has 0 saturated heterocycles. The normalized spacial score (nSPS) is 9.70. The Balaban J connectivity index is 2.46. The van der Waals surface area contributed by atoms with E-state index in [-0.39, 0.29) is 11.9 Å². The number of hydrogen-bond donors (Lipinski definition) is 2. The van der Waals surface area contributed by atoms with E-state index in [9.17, 15) is 9.59 Å². The van der Waals surface area contributed by atoms with Gasteiger partial charge in [0.05, 0.1) is 38.4 Å². The first kappa shape index (κ1) is 15.8. The number of benzene rings is 1. The van der Waals surface area contributed by atoms with Gasteiger partial charge in [0.1, 0.15) is 0 Å². The molecule has 110 valence electrons. The molecule has 1 rings (SSSR count). The summed E-state index contributed by atoms with van der Waals surface area (Å²) in [6, 6.07) is 7.59. The molecular formula is C14H20N2O4. The maximum Gasteiger partial charge on any atom is 0.307 e. The van der Waals surface area contributed by atoms with Gasteiger partial charge in [-0.15, -0.1) is 0 Å². The summed E-state index contributed by atoms with van der Waals surface area (Å²) in [6.07, 6.45) is 0.597. The summed E-state index contributed by atoms with van der Waals surface area (Å²) in [6.45, 7) is 0.977. The minimum absolute atomic E-state index is 0.256. The molecule has 1 aromatic carbocycles. The number of rotatable bonds is 8. The van der Waals surface area contributed by atoms with Crippen molar-refractivity contribution in [2.45, 2.75) is 12.8 Å². The average molecular weight is 280 g/mol. The maximum absolute atomic E-state index is 11.0. The van der Waals surface area contributed by atoms with Crippen LogP contribution in [-0.4, -0.2) is 39.2 Å². The van der Waals surface area contributed by atoms with E-state index >= 15 is 0 Å². The van der Waals surface area contributed by atoms with Crippen LogP contribution in [0, 0.1) is 0 Å². The van der Waals surface area contributed by atoms with Crippen LogP contribution in [0.4, 0.5) is 11.4 Å². The SMILES string of the molecule is COC(=O)CCNc1ccccc1NCCC(=O)OC. The van der Waals surface area contributed by atoms with E-state index < -0.39 is 0 Å². The van der Waals surface area contributed by atoms with E-state index in [4.69, 9.17) is 0 Å². The first-order valence-electron chi connectivity index (χ1n) is 6.37. The molecule has 2 N–H and O–H groups in total. The molecule has 1 aromatic rings. The molecule has 0 aromatic heterocycles. The van der Waals surface area contributed by atoms with E-state index in [0.29, 0.717) is 25.9 Å². The van der Waals surface area contributed by atoms with Crippen LogP contribution in [0.15, 0.2) is 24.3 Å². The number of carbonyl (C=O) groups is 2. The lowest BCUT2D eigenvalue weighted by Gasteiger charge is -2.13. The lowest BCUT2D eigenvalue weighted by Crippen LogP contribution is -2.13. The molecule has 6 heteroatoms. The van der Waals surface area contributed by atoms with Gasteiger partial charge in [-0.1, -0.05) is 12.1 Å². The molecule has 0 bridgehead atoms. The third kappa shape index (κ3) is 5.60. The summed E-state index contributed by atoms with van der Waals surface area (Å²) in [5.74, 6) is -0.512. The fourth-order valence-corrected chi connectivity index (χ4v) is 1.59. The Morgan fingerprint density at radius 1 is 0.900 bits per heavy atom. The van der Waals surface area contributed by atoms with Crippen molar-refractivity contribution >= 4 is 23.3 Å². The summed E-state index contributed by atoms with van der Waals surface area (Å²) >= 11 is 0. The highest BCUT2D eigenvalue weighted by Crippen LogP contribution is 2.20. The number of carbonyl (C=O) groups excluding carboxylic acids is 2. The Bertz CT molecular complexity index is 408. The number of anilines is 2. The number of hydrogen-bond acceptors (Lipinski definition) is 6. The van der Waals surface area contributed by atoms with Gasteiger partial charge in [0, 0.05) is 13.1 Å².